The molecule has 0 unspecified atom stereocenters. The molecule has 0 bridgehead atoms. The van der Waals surface area contributed by atoms with Gasteiger partial charge in [0.25, 0.3) is 0 Å². The Hall–Kier alpha value is -1.78. The van der Waals surface area contributed by atoms with Gasteiger partial charge in [-0.3, -0.25) is 18.4 Å². The van der Waals surface area contributed by atoms with Gasteiger partial charge in [-0.2, -0.15) is 0 Å². The van der Waals surface area contributed by atoms with Crippen LogP contribution in [0.1, 0.15) is 22.0 Å². The van der Waals surface area contributed by atoms with Crippen LogP contribution in [0.4, 0.5) is 0 Å². The third-order valence-electron chi connectivity index (χ3n) is 3.08. The van der Waals surface area contributed by atoms with Crippen molar-refractivity contribution in [3.8, 4) is 0 Å². The lowest BCUT2D eigenvalue weighted by Crippen LogP contribution is -2.16. The third kappa shape index (κ3) is 3.90. The molecular formula is C16H17O5P. The van der Waals surface area contributed by atoms with E-state index in [1.807, 2.05) is 12.1 Å². The van der Waals surface area contributed by atoms with Gasteiger partial charge in [0.15, 0.2) is 11.9 Å². The Labute approximate surface area is 129 Å². The number of hydrogen-bond donors (Lipinski definition) is 0. The summed E-state index contributed by atoms with van der Waals surface area (Å²) in [7, 11) is -1.38. The summed E-state index contributed by atoms with van der Waals surface area (Å²) < 4.78 is 27.2. The van der Waals surface area contributed by atoms with Crippen LogP contribution in [0.5, 0.6) is 0 Å². The van der Waals surface area contributed by atoms with Gasteiger partial charge >= 0.3 is 7.82 Å². The van der Waals surface area contributed by atoms with Gasteiger partial charge in [0.05, 0.1) is 0 Å². The van der Waals surface area contributed by atoms with E-state index in [9.17, 15) is 9.36 Å². The molecule has 0 aromatic heterocycles. The summed E-state index contributed by atoms with van der Waals surface area (Å²) in [4.78, 5) is 12.7. The van der Waals surface area contributed by atoms with Crippen LogP contribution in [0.3, 0.4) is 0 Å². The molecule has 6 heteroatoms. The predicted molar refractivity (Wildman–Crippen MR) is 82.7 cm³/mol. The Morgan fingerprint density at radius 2 is 1.41 bits per heavy atom. The number of ketones is 1. The minimum Gasteiger partial charge on any atom is -0.291 e. The summed E-state index contributed by atoms with van der Waals surface area (Å²) in [6.45, 7) is 0. The van der Waals surface area contributed by atoms with E-state index in [1.165, 1.54) is 14.2 Å². The van der Waals surface area contributed by atoms with Gasteiger partial charge < -0.3 is 0 Å². The molecule has 5 nitrogen and oxygen atoms in total. The van der Waals surface area contributed by atoms with E-state index in [0.29, 0.717) is 11.1 Å². The van der Waals surface area contributed by atoms with E-state index in [-0.39, 0.29) is 5.78 Å². The van der Waals surface area contributed by atoms with Crippen LogP contribution in [0.25, 0.3) is 0 Å². The molecule has 0 saturated heterocycles. The highest BCUT2D eigenvalue weighted by molar-refractivity contribution is 7.48. The highest BCUT2D eigenvalue weighted by Gasteiger charge is 2.33. The summed E-state index contributed by atoms with van der Waals surface area (Å²) in [6.07, 6.45) is -1.07. The lowest BCUT2D eigenvalue weighted by atomic mass is 10.0. The second-order valence-corrected chi connectivity index (χ2v) is 6.27. The average molecular weight is 320 g/mol. The van der Waals surface area contributed by atoms with Gasteiger partial charge in [-0.05, 0) is 5.56 Å². The fourth-order valence-corrected chi connectivity index (χ4v) is 2.73. The average Bonchev–Trinajstić information content (AvgIpc) is 2.60. The first-order chi connectivity index (χ1) is 10.6. The van der Waals surface area contributed by atoms with E-state index >= 15 is 0 Å². The normalized spacial score (nSPS) is 12.8. The number of rotatable bonds is 7. The summed E-state index contributed by atoms with van der Waals surface area (Å²) in [6, 6.07) is 17.5. The number of hydrogen-bond acceptors (Lipinski definition) is 5. The SMILES string of the molecule is COP(=O)(OC)O[C@@H](C(=O)c1ccccc1)c1ccccc1. The molecule has 2 aromatic carbocycles. The minimum atomic E-state index is -3.80. The zero-order valence-corrected chi connectivity index (χ0v) is 13.2. The van der Waals surface area contributed by atoms with Crippen molar-refractivity contribution < 1.29 is 22.9 Å². The molecule has 0 aliphatic rings. The third-order valence-corrected chi connectivity index (χ3v) is 4.44. The van der Waals surface area contributed by atoms with Crippen LogP contribution in [0.15, 0.2) is 60.7 Å². The molecule has 0 radical (unpaired) electrons. The van der Waals surface area contributed by atoms with Crippen LogP contribution in [0, 0.1) is 0 Å². The Bertz CT molecular complexity index is 649. The first-order valence-corrected chi connectivity index (χ1v) is 8.10. The molecule has 0 spiro atoms. The van der Waals surface area contributed by atoms with Crippen molar-refractivity contribution in [3.63, 3.8) is 0 Å². The summed E-state index contributed by atoms with van der Waals surface area (Å²) in [5, 5.41) is 0. The van der Waals surface area contributed by atoms with E-state index in [0.717, 1.165) is 0 Å². The van der Waals surface area contributed by atoms with Gasteiger partial charge in [-0.1, -0.05) is 60.7 Å². The number of Topliss-reactive ketones (excluding diaryl/α,β-unsaturated/α-hetero) is 1. The van der Waals surface area contributed by atoms with Gasteiger partial charge in [0.2, 0.25) is 0 Å². The monoisotopic (exact) mass is 320 g/mol. The van der Waals surface area contributed by atoms with Crippen molar-refractivity contribution in [3.05, 3.63) is 71.8 Å². The maximum absolute atomic E-state index is 12.7. The molecule has 22 heavy (non-hydrogen) atoms. The fraction of sp³-hybridized carbons (Fsp3) is 0.188. The van der Waals surface area contributed by atoms with Crippen molar-refractivity contribution in [1.29, 1.82) is 0 Å². The molecule has 0 fully saturated rings. The Kier molecular flexibility index (Phi) is 5.63. The number of carbonyl (C=O) groups excluding carboxylic acids is 1. The standard InChI is InChI=1S/C16H17O5P/c1-19-22(18,20-2)21-16(14-11-7-4-8-12-14)15(17)13-9-5-3-6-10-13/h3-12,16H,1-2H3/t16-/m1/s1. The maximum Gasteiger partial charge on any atom is 0.475 e. The predicted octanol–water partition coefficient (Wildman–Crippen LogP) is 4.03. The molecule has 0 saturated carbocycles. The largest absolute Gasteiger partial charge is 0.475 e. The molecular weight excluding hydrogens is 303 g/mol. The van der Waals surface area contributed by atoms with Crippen LogP contribution in [0.2, 0.25) is 0 Å². The Balaban J connectivity index is 2.38. The van der Waals surface area contributed by atoms with Crippen LogP contribution < -0.4 is 0 Å². The van der Waals surface area contributed by atoms with E-state index in [4.69, 9.17) is 13.6 Å². The van der Waals surface area contributed by atoms with Crippen molar-refractivity contribution in [2.24, 2.45) is 0 Å². The number of phosphoric acid groups is 1. The fourth-order valence-electron chi connectivity index (χ4n) is 1.93. The second-order valence-electron chi connectivity index (χ2n) is 4.44. The molecule has 0 N–H and O–H groups in total. The molecule has 0 amide bonds. The van der Waals surface area contributed by atoms with Gasteiger partial charge in [0.1, 0.15) is 0 Å². The first kappa shape index (κ1) is 16.6. The van der Waals surface area contributed by atoms with Crippen molar-refractivity contribution in [2.45, 2.75) is 6.10 Å². The number of phosphoric ester groups is 1. The minimum absolute atomic E-state index is 0.318. The quantitative estimate of drug-likeness (QED) is 0.569. The Morgan fingerprint density at radius 3 is 1.91 bits per heavy atom. The molecule has 1 atom stereocenters. The molecule has 0 aliphatic carbocycles. The topological polar surface area (TPSA) is 61.8 Å². The van der Waals surface area contributed by atoms with Crippen LogP contribution in [-0.2, 0) is 18.1 Å². The molecule has 0 heterocycles. The molecule has 116 valence electrons. The molecule has 0 aliphatic heterocycles. The molecule has 2 aromatic rings. The Morgan fingerprint density at radius 1 is 0.909 bits per heavy atom. The van der Waals surface area contributed by atoms with Crippen LogP contribution in [-0.4, -0.2) is 20.0 Å². The van der Waals surface area contributed by atoms with E-state index in [2.05, 4.69) is 0 Å². The summed E-state index contributed by atoms with van der Waals surface area (Å²) in [5.74, 6) is -0.318. The second kappa shape index (κ2) is 7.47. The highest BCUT2D eigenvalue weighted by atomic mass is 31.2. The van der Waals surface area contributed by atoms with Crippen molar-refractivity contribution >= 4 is 13.6 Å². The molecule has 2 rings (SSSR count). The van der Waals surface area contributed by atoms with E-state index < -0.39 is 13.9 Å². The summed E-state index contributed by atoms with van der Waals surface area (Å²) >= 11 is 0. The van der Waals surface area contributed by atoms with E-state index in [1.54, 1.807) is 48.5 Å². The first-order valence-electron chi connectivity index (χ1n) is 6.64. The number of carbonyl (C=O) groups is 1. The lowest BCUT2D eigenvalue weighted by molar-refractivity contribution is 0.0657. The zero-order chi connectivity index (χ0) is 16.0. The van der Waals surface area contributed by atoms with Crippen molar-refractivity contribution in [1.82, 2.24) is 0 Å². The van der Waals surface area contributed by atoms with Gasteiger partial charge in [-0.25, -0.2) is 4.57 Å². The summed E-state index contributed by atoms with van der Waals surface area (Å²) in [5.41, 5.74) is 1.03. The van der Waals surface area contributed by atoms with Crippen molar-refractivity contribution in [2.75, 3.05) is 14.2 Å². The zero-order valence-electron chi connectivity index (χ0n) is 12.3. The smallest absolute Gasteiger partial charge is 0.291 e. The lowest BCUT2D eigenvalue weighted by Gasteiger charge is -2.21. The van der Waals surface area contributed by atoms with Gasteiger partial charge in [-0.15, -0.1) is 0 Å². The van der Waals surface area contributed by atoms with Crippen LogP contribution >= 0.6 is 7.82 Å². The maximum atomic E-state index is 12.7. The van der Waals surface area contributed by atoms with Gasteiger partial charge in [0, 0.05) is 19.8 Å². The highest BCUT2D eigenvalue weighted by Crippen LogP contribution is 2.52. The number of benzene rings is 2.